The van der Waals surface area contributed by atoms with Crippen LogP contribution in [0.1, 0.15) is 36.8 Å². The molecule has 46 heavy (non-hydrogen) atoms. The van der Waals surface area contributed by atoms with Gasteiger partial charge in [-0.3, -0.25) is 13.9 Å². The van der Waals surface area contributed by atoms with Crippen LogP contribution in [0.3, 0.4) is 0 Å². The van der Waals surface area contributed by atoms with Crippen LogP contribution in [0.15, 0.2) is 108 Å². The molecule has 1 aliphatic rings. The smallest absolute Gasteiger partial charge is 0.264 e. The van der Waals surface area contributed by atoms with Crippen molar-refractivity contribution in [2.24, 2.45) is 0 Å². The number of para-hydroxylation sites is 1. The van der Waals surface area contributed by atoms with E-state index in [1.807, 2.05) is 30.3 Å². The van der Waals surface area contributed by atoms with Gasteiger partial charge >= 0.3 is 0 Å². The van der Waals surface area contributed by atoms with Gasteiger partial charge in [-0.05, 0) is 60.4 Å². The number of nitrogens with zero attached hydrogens (tertiary/aromatic N) is 2. The van der Waals surface area contributed by atoms with Crippen LogP contribution in [0.4, 0.5) is 10.1 Å². The highest BCUT2D eigenvalue weighted by atomic mass is 35.5. The summed E-state index contributed by atoms with van der Waals surface area (Å²) >= 11 is 12.7. The number of halogens is 3. The van der Waals surface area contributed by atoms with Crippen molar-refractivity contribution < 1.29 is 22.4 Å². The molecule has 5 rings (SSSR count). The first-order valence-electron chi connectivity index (χ1n) is 15.0. The first kappa shape index (κ1) is 33.4. The second-order valence-electron chi connectivity index (χ2n) is 11.2. The van der Waals surface area contributed by atoms with Crippen LogP contribution in [-0.4, -0.2) is 43.8 Å². The highest BCUT2D eigenvalue weighted by Gasteiger charge is 2.36. The van der Waals surface area contributed by atoms with Crippen LogP contribution in [0.25, 0.3) is 0 Å². The Kier molecular flexibility index (Phi) is 11.0. The molecule has 2 amide bonds. The Bertz CT molecular complexity index is 1770. The van der Waals surface area contributed by atoms with Crippen molar-refractivity contribution in [1.29, 1.82) is 0 Å². The summed E-state index contributed by atoms with van der Waals surface area (Å²) in [6.45, 7) is -0.897. The Morgan fingerprint density at radius 3 is 2.15 bits per heavy atom. The van der Waals surface area contributed by atoms with Gasteiger partial charge in [-0.1, -0.05) is 103 Å². The van der Waals surface area contributed by atoms with Crippen LogP contribution in [0.2, 0.25) is 10.0 Å². The third-order valence-electron chi connectivity index (χ3n) is 8.06. The summed E-state index contributed by atoms with van der Waals surface area (Å²) in [4.78, 5) is 29.8. The molecule has 11 heteroatoms. The second-order valence-corrected chi connectivity index (χ2v) is 13.9. The molecular formula is C35H34Cl2FN3O4S. The zero-order chi connectivity index (χ0) is 32.7. The zero-order valence-electron chi connectivity index (χ0n) is 25.0. The van der Waals surface area contributed by atoms with Gasteiger partial charge in [0, 0.05) is 29.1 Å². The molecule has 1 aliphatic carbocycles. The molecule has 1 saturated carbocycles. The Morgan fingerprint density at radius 2 is 1.50 bits per heavy atom. The van der Waals surface area contributed by atoms with Crippen molar-refractivity contribution >= 4 is 50.7 Å². The Balaban J connectivity index is 1.58. The van der Waals surface area contributed by atoms with Crippen molar-refractivity contribution in [2.45, 2.75) is 55.6 Å². The van der Waals surface area contributed by atoms with Gasteiger partial charge in [0.1, 0.15) is 18.4 Å². The molecule has 1 fully saturated rings. The van der Waals surface area contributed by atoms with Crippen LogP contribution in [0.5, 0.6) is 0 Å². The van der Waals surface area contributed by atoms with E-state index in [4.69, 9.17) is 23.2 Å². The topological polar surface area (TPSA) is 86.8 Å². The number of carbonyl (C=O) groups is 2. The minimum absolute atomic E-state index is 0.0322. The van der Waals surface area contributed by atoms with Crippen molar-refractivity contribution in [3.63, 3.8) is 0 Å². The number of benzene rings is 4. The minimum atomic E-state index is -4.41. The lowest BCUT2D eigenvalue weighted by Gasteiger charge is -2.34. The predicted molar refractivity (Wildman–Crippen MR) is 179 cm³/mol. The van der Waals surface area contributed by atoms with E-state index in [1.54, 1.807) is 30.3 Å². The number of rotatable bonds is 12. The van der Waals surface area contributed by atoms with E-state index in [9.17, 15) is 18.0 Å². The van der Waals surface area contributed by atoms with Crippen LogP contribution in [-0.2, 0) is 32.6 Å². The summed E-state index contributed by atoms with van der Waals surface area (Å²) in [6, 6.07) is 25.9. The molecule has 1 unspecified atom stereocenters. The average molecular weight is 683 g/mol. The molecule has 1 N–H and O–H groups in total. The fraction of sp³-hybridized carbons (Fsp3) is 0.257. The monoisotopic (exact) mass is 681 g/mol. The highest BCUT2D eigenvalue weighted by Crippen LogP contribution is 2.29. The van der Waals surface area contributed by atoms with Gasteiger partial charge < -0.3 is 10.2 Å². The maximum Gasteiger partial charge on any atom is 0.264 e. The minimum Gasteiger partial charge on any atom is -0.352 e. The summed E-state index contributed by atoms with van der Waals surface area (Å²) < 4.78 is 44.0. The second kappa shape index (κ2) is 15.1. The van der Waals surface area contributed by atoms with Crippen molar-refractivity contribution in [3.8, 4) is 0 Å². The number of sulfonamides is 1. The first-order valence-corrected chi connectivity index (χ1v) is 17.2. The molecule has 0 radical (unpaired) electrons. The van der Waals surface area contributed by atoms with Crippen molar-refractivity contribution in [2.75, 3.05) is 10.8 Å². The Morgan fingerprint density at radius 1 is 0.870 bits per heavy atom. The quantitative estimate of drug-likeness (QED) is 0.174. The molecule has 0 bridgehead atoms. The Labute approximate surface area is 279 Å². The van der Waals surface area contributed by atoms with Gasteiger partial charge in [0.2, 0.25) is 11.8 Å². The van der Waals surface area contributed by atoms with E-state index < -0.39 is 34.3 Å². The van der Waals surface area contributed by atoms with Gasteiger partial charge in [-0.15, -0.1) is 0 Å². The summed E-state index contributed by atoms with van der Waals surface area (Å²) in [7, 11) is -4.41. The van der Waals surface area contributed by atoms with Crippen molar-refractivity contribution in [3.05, 3.63) is 130 Å². The third kappa shape index (κ3) is 8.07. The molecule has 0 aromatic heterocycles. The third-order valence-corrected chi connectivity index (χ3v) is 10.4. The molecule has 240 valence electrons. The molecular weight excluding hydrogens is 648 g/mol. The van der Waals surface area contributed by atoms with Crippen molar-refractivity contribution in [1.82, 2.24) is 10.2 Å². The lowest BCUT2D eigenvalue weighted by molar-refractivity contribution is -0.140. The van der Waals surface area contributed by atoms with Gasteiger partial charge in [0.15, 0.2) is 0 Å². The maximum atomic E-state index is 15.3. The average Bonchev–Trinajstić information content (AvgIpc) is 3.56. The lowest BCUT2D eigenvalue weighted by Crippen LogP contribution is -2.54. The number of anilines is 1. The molecule has 0 saturated heterocycles. The summed E-state index contributed by atoms with van der Waals surface area (Å²) in [5, 5.41) is 3.79. The van der Waals surface area contributed by atoms with E-state index >= 15 is 4.39 Å². The van der Waals surface area contributed by atoms with E-state index in [0.29, 0.717) is 10.6 Å². The van der Waals surface area contributed by atoms with Crippen LogP contribution in [0, 0.1) is 5.82 Å². The van der Waals surface area contributed by atoms with Crippen LogP contribution < -0.4 is 9.62 Å². The van der Waals surface area contributed by atoms with Gasteiger partial charge in [0.05, 0.1) is 10.6 Å². The Hall–Kier alpha value is -3.92. The maximum absolute atomic E-state index is 15.3. The van der Waals surface area contributed by atoms with Gasteiger partial charge in [-0.25, -0.2) is 12.8 Å². The number of hydrogen-bond acceptors (Lipinski definition) is 4. The van der Waals surface area contributed by atoms with Crippen LogP contribution >= 0.6 is 23.2 Å². The first-order chi connectivity index (χ1) is 22.1. The summed E-state index contributed by atoms with van der Waals surface area (Å²) in [5.74, 6) is -1.89. The molecule has 4 aromatic carbocycles. The number of hydrogen-bond donors (Lipinski definition) is 1. The zero-order valence-corrected chi connectivity index (χ0v) is 27.3. The molecule has 0 spiro atoms. The van der Waals surface area contributed by atoms with E-state index in [2.05, 4.69) is 5.32 Å². The molecule has 7 nitrogen and oxygen atoms in total. The number of carbonyl (C=O) groups excluding carboxylic acids is 2. The molecule has 0 aliphatic heterocycles. The fourth-order valence-corrected chi connectivity index (χ4v) is 7.55. The van der Waals surface area contributed by atoms with E-state index in [0.717, 1.165) is 41.6 Å². The lowest BCUT2D eigenvalue weighted by atomic mass is 10.0. The SMILES string of the molecule is O=C(NC1CCCC1)C(Cc1ccccc1)N(Cc1ccc(Cl)cc1Cl)C(=O)CN(c1ccccc1F)S(=O)(=O)c1ccccc1. The van der Waals surface area contributed by atoms with Gasteiger partial charge in [-0.2, -0.15) is 0 Å². The number of amides is 2. The molecule has 4 aromatic rings. The highest BCUT2D eigenvalue weighted by molar-refractivity contribution is 7.92. The fourth-order valence-electron chi connectivity index (χ4n) is 5.64. The predicted octanol–water partition coefficient (Wildman–Crippen LogP) is 7.03. The normalized spacial score (nSPS) is 14.1. The van der Waals surface area contributed by atoms with E-state index in [1.165, 1.54) is 41.3 Å². The summed E-state index contributed by atoms with van der Waals surface area (Å²) in [5.41, 5.74) is 1.02. The molecule has 1 atom stereocenters. The summed E-state index contributed by atoms with van der Waals surface area (Å²) in [6.07, 6.45) is 3.80. The molecule has 0 heterocycles. The largest absolute Gasteiger partial charge is 0.352 e. The number of nitrogens with one attached hydrogen (secondary N) is 1. The van der Waals surface area contributed by atoms with Gasteiger partial charge in [0.25, 0.3) is 10.0 Å². The van der Waals surface area contributed by atoms with E-state index in [-0.39, 0.29) is 40.5 Å². The standard InChI is InChI=1S/C35H34Cl2FN3O4S/c36-27-20-19-26(30(37)22-27)23-40(33(21-25-11-3-1-4-12-25)35(43)39-28-13-7-8-14-28)34(42)24-41(32-18-10-9-17-31(32)38)46(44,45)29-15-5-2-6-16-29/h1-6,9-12,15-20,22,28,33H,7-8,13-14,21,23-24H2,(H,39,43).